The van der Waals surface area contributed by atoms with Gasteiger partial charge in [-0.1, -0.05) is 0 Å². The van der Waals surface area contributed by atoms with Crippen molar-refractivity contribution in [1.29, 1.82) is 0 Å². The van der Waals surface area contributed by atoms with Crippen molar-refractivity contribution < 1.29 is 4.79 Å². The zero-order valence-electron chi connectivity index (χ0n) is 7.45. The van der Waals surface area contributed by atoms with Crippen molar-refractivity contribution in [2.24, 2.45) is 0 Å². The van der Waals surface area contributed by atoms with Crippen molar-refractivity contribution in [2.75, 3.05) is 26.2 Å². The Bertz CT molecular complexity index is 278. The fourth-order valence-corrected chi connectivity index (χ4v) is 2.15. The lowest BCUT2D eigenvalue weighted by Crippen LogP contribution is -2.45. The van der Waals surface area contributed by atoms with Gasteiger partial charge >= 0.3 is 6.03 Å². The van der Waals surface area contributed by atoms with E-state index >= 15 is 0 Å². The highest BCUT2D eigenvalue weighted by atomic mass is 32.1. The van der Waals surface area contributed by atoms with Crippen LogP contribution >= 0.6 is 24.4 Å². The van der Waals surface area contributed by atoms with Gasteiger partial charge in [-0.25, -0.2) is 4.79 Å². The smallest absolute Gasteiger partial charge is 0.323 e. The molecule has 0 unspecified atom stereocenters. The molecule has 7 heteroatoms. The molecule has 0 bridgehead atoms. The van der Waals surface area contributed by atoms with Gasteiger partial charge < -0.3 is 10.6 Å². The van der Waals surface area contributed by atoms with Gasteiger partial charge in [0.05, 0.1) is 0 Å². The number of nitrogens with one attached hydrogen (secondary N) is 2. The highest BCUT2D eigenvalue weighted by molar-refractivity contribution is 7.81. The van der Waals surface area contributed by atoms with Crippen LogP contribution in [0.4, 0.5) is 4.79 Å². The Morgan fingerprint density at radius 2 is 1.86 bits per heavy atom. The molecule has 2 amide bonds. The highest BCUT2D eigenvalue weighted by Gasteiger charge is 2.30. The number of rotatable bonds is 0. The van der Waals surface area contributed by atoms with Crippen molar-refractivity contribution in [2.45, 2.75) is 0 Å². The first-order valence-corrected chi connectivity index (χ1v) is 5.16. The first-order valence-electron chi connectivity index (χ1n) is 4.35. The maximum absolute atomic E-state index is 11.3. The third kappa shape index (κ3) is 1.53. The second-order valence-electron chi connectivity index (χ2n) is 3.05. The Morgan fingerprint density at radius 3 is 2.36 bits per heavy atom. The van der Waals surface area contributed by atoms with Crippen molar-refractivity contribution in [1.82, 2.24) is 20.4 Å². The number of thiocarbonyl (C=S) groups is 2. The van der Waals surface area contributed by atoms with E-state index in [1.165, 1.54) is 4.90 Å². The van der Waals surface area contributed by atoms with Crippen molar-refractivity contribution in [3.63, 3.8) is 0 Å². The second-order valence-corrected chi connectivity index (χ2v) is 3.80. The minimum Gasteiger partial charge on any atom is -0.360 e. The van der Waals surface area contributed by atoms with E-state index < -0.39 is 0 Å². The lowest BCUT2D eigenvalue weighted by atomic mass is 10.6. The first kappa shape index (κ1) is 9.60. The summed E-state index contributed by atoms with van der Waals surface area (Å²) >= 11 is 10.3. The summed E-state index contributed by atoms with van der Waals surface area (Å²) in [6.07, 6.45) is 0. The van der Waals surface area contributed by atoms with E-state index in [2.05, 4.69) is 10.6 Å². The maximum atomic E-state index is 11.3. The van der Waals surface area contributed by atoms with Gasteiger partial charge in [-0.05, 0) is 24.4 Å². The number of carbonyl (C=O) groups is 1. The Hall–Kier alpha value is -0.950. The Kier molecular flexibility index (Phi) is 2.51. The Morgan fingerprint density at radius 1 is 1.21 bits per heavy atom. The van der Waals surface area contributed by atoms with Crippen LogP contribution in [0.5, 0.6) is 0 Å². The van der Waals surface area contributed by atoms with E-state index in [0.29, 0.717) is 23.3 Å². The topological polar surface area (TPSA) is 47.6 Å². The summed E-state index contributed by atoms with van der Waals surface area (Å²) in [7, 11) is 0. The first-order chi connectivity index (χ1) is 6.70. The number of urea groups is 1. The molecule has 0 aromatic carbocycles. The number of hydrogen-bond donors (Lipinski definition) is 2. The number of hydrogen-bond acceptors (Lipinski definition) is 3. The summed E-state index contributed by atoms with van der Waals surface area (Å²) in [4.78, 5) is 14.6. The number of carbonyl (C=O) groups excluding carboxylic acids is 1. The van der Waals surface area contributed by atoms with Crippen LogP contribution < -0.4 is 10.6 Å². The van der Waals surface area contributed by atoms with Gasteiger partial charge in [0.25, 0.3) is 0 Å². The lowest BCUT2D eigenvalue weighted by Gasteiger charge is -2.23. The van der Waals surface area contributed by atoms with E-state index in [0.717, 1.165) is 13.1 Å². The van der Waals surface area contributed by atoms with Crippen molar-refractivity contribution >= 4 is 40.7 Å². The molecule has 2 aliphatic rings. The molecule has 5 nitrogen and oxygen atoms in total. The van der Waals surface area contributed by atoms with E-state index in [9.17, 15) is 4.79 Å². The molecule has 2 N–H and O–H groups in total. The normalized spacial score (nSPS) is 21.1. The molecule has 0 aliphatic carbocycles. The van der Waals surface area contributed by atoms with Gasteiger partial charge in [-0.15, -0.1) is 0 Å². The molecular weight excluding hydrogens is 220 g/mol. The highest BCUT2D eigenvalue weighted by Crippen LogP contribution is 2.07. The quantitative estimate of drug-likeness (QED) is 0.549. The zero-order chi connectivity index (χ0) is 10.1. The maximum Gasteiger partial charge on any atom is 0.323 e. The molecule has 2 saturated heterocycles. The monoisotopic (exact) mass is 230 g/mol. The standard InChI is InChI=1S/C7H10N4OS2/c12-5-8-1-3-10(5)7(14)11-4-2-9-6(11)13/h1-4H2,(H,8,12)(H,9,13). The number of nitrogens with zero attached hydrogens (tertiary/aromatic N) is 2. The Labute approximate surface area is 92.4 Å². The molecule has 2 aliphatic heterocycles. The average Bonchev–Trinajstić information content (AvgIpc) is 2.73. The molecule has 0 aromatic rings. The molecule has 2 heterocycles. The van der Waals surface area contributed by atoms with E-state index in [1.807, 2.05) is 0 Å². The van der Waals surface area contributed by atoms with Crippen LogP contribution in [-0.4, -0.2) is 52.2 Å². The molecule has 14 heavy (non-hydrogen) atoms. The molecule has 76 valence electrons. The van der Waals surface area contributed by atoms with Gasteiger partial charge in [-0.2, -0.15) is 0 Å². The minimum absolute atomic E-state index is 0.135. The predicted octanol–water partition coefficient (Wildman–Crippen LogP) is -0.513. The fraction of sp³-hybridized carbons (Fsp3) is 0.571. The summed E-state index contributed by atoms with van der Waals surface area (Å²) in [5.74, 6) is 0. The average molecular weight is 230 g/mol. The third-order valence-corrected chi connectivity index (χ3v) is 2.98. The summed E-state index contributed by atoms with van der Waals surface area (Å²) < 4.78 is 0. The molecular formula is C7H10N4OS2. The van der Waals surface area contributed by atoms with E-state index in [1.54, 1.807) is 4.90 Å². The van der Waals surface area contributed by atoms with Crippen LogP contribution in [0, 0.1) is 0 Å². The molecule has 0 radical (unpaired) electrons. The summed E-state index contributed by atoms with van der Waals surface area (Å²) in [5.41, 5.74) is 0. The van der Waals surface area contributed by atoms with Crippen molar-refractivity contribution in [3.05, 3.63) is 0 Å². The zero-order valence-corrected chi connectivity index (χ0v) is 9.08. The summed E-state index contributed by atoms with van der Waals surface area (Å²) in [6, 6.07) is -0.135. The summed E-state index contributed by atoms with van der Waals surface area (Å²) in [6.45, 7) is 2.79. The molecule has 0 aromatic heterocycles. The van der Waals surface area contributed by atoms with Crippen LogP contribution in [0.25, 0.3) is 0 Å². The van der Waals surface area contributed by atoms with Gasteiger partial charge in [0.1, 0.15) is 0 Å². The summed E-state index contributed by atoms with van der Waals surface area (Å²) in [5, 5.41) is 6.80. The van der Waals surface area contributed by atoms with Crippen LogP contribution in [0.1, 0.15) is 0 Å². The van der Waals surface area contributed by atoms with Gasteiger partial charge in [0.2, 0.25) is 0 Å². The number of amides is 2. The van der Waals surface area contributed by atoms with E-state index in [-0.39, 0.29) is 6.03 Å². The third-order valence-electron chi connectivity index (χ3n) is 2.18. The molecule has 2 fully saturated rings. The lowest BCUT2D eigenvalue weighted by molar-refractivity contribution is 0.232. The second kappa shape index (κ2) is 3.66. The van der Waals surface area contributed by atoms with E-state index in [4.69, 9.17) is 24.4 Å². The minimum atomic E-state index is -0.135. The Balaban J connectivity index is 2.07. The van der Waals surface area contributed by atoms with Crippen LogP contribution in [-0.2, 0) is 0 Å². The van der Waals surface area contributed by atoms with Crippen LogP contribution in [0.2, 0.25) is 0 Å². The molecule has 0 atom stereocenters. The van der Waals surface area contributed by atoms with Gasteiger partial charge in [-0.3, -0.25) is 9.80 Å². The molecule has 0 saturated carbocycles. The van der Waals surface area contributed by atoms with Gasteiger partial charge in [0, 0.05) is 26.2 Å². The van der Waals surface area contributed by atoms with Gasteiger partial charge in [0.15, 0.2) is 10.2 Å². The molecule has 0 spiro atoms. The SMILES string of the molecule is O=C1NCCN1C(=S)N1CCNC1=S. The largest absolute Gasteiger partial charge is 0.360 e. The molecule has 2 rings (SSSR count). The predicted molar refractivity (Wildman–Crippen MR) is 60.0 cm³/mol. The van der Waals surface area contributed by atoms with Crippen molar-refractivity contribution in [3.8, 4) is 0 Å². The fourth-order valence-electron chi connectivity index (χ4n) is 1.45. The van der Waals surface area contributed by atoms with Crippen LogP contribution in [0.15, 0.2) is 0 Å². The van der Waals surface area contributed by atoms with Crippen LogP contribution in [0.3, 0.4) is 0 Å².